The molecule has 0 aromatic heterocycles. The third-order valence-electron chi connectivity index (χ3n) is 4.79. The van der Waals surface area contributed by atoms with Crippen LogP contribution >= 0.6 is 0 Å². The van der Waals surface area contributed by atoms with Gasteiger partial charge < -0.3 is 20.4 Å². The SMILES string of the molecule is O=C(O)C1(C(=O)O)CCCCCCCCCC1(C(=O)O)C(=O)O. The second-order valence-corrected chi connectivity index (χ2v) is 6.01. The Balaban J connectivity index is 3.57. The molecule has 23 heavy (non-hydrogen) atoms. The van der Waals surface area contributed by atoms with Gasteiger partial charge >= 0.3 is 23.9 Å². The van der Waals surface area contributed by atoms with Crippen molar-refractivity contribution in [1.29, 1.82) is 0 Å². The number of carbonyl (C=O) groups is 4. The van der Waals surface area contributed by atoms with Gasteiger partial charge in [0.25, 0.3) is 0 Å². The summed E-state index contributed by atoms with van der Waals surface area (Å²) in [6.07, 6.45) is 2.79. The molecule has 0 unspecified atom stereocenters. The molecule has 1 aliphatic rings. The van der Waals surface area contributed by atoms with Crippen molar-refractivity contribution in [1.82, 2.24) is 0 Å². The summed E-state index contributed by atoms with van der Waals surface area (Å²) in [5.74, 6) is -7.63. The third-order valence-corrected chi connectivity index (χ3v) is 4.79. The maximum Gasteiger partial charge on any atom is 0.322 e. The van der Waals surface area contributed by atoms with Crippen LogP contribution in [0.3, 0.4) is 0 Å². The second-order valence-electron chi connectivity index (χ2n) is 6.01. The Hall–Kier alpha value is -2.12. The summed E-state index contributed by atoms with van der Waals surface area (Å²) in [6.45, 7) is 0. The second kappa shape index (κ2) is 7.43. The number of aliphatic carboxylic acids is 4. The molecular weight excluding hydrogens is 308 g/mol. The largest absolute Gasteiger partial charge is 0.480 e. The highest BCUT2D eigenvalue weighted by molar-refractivity contribution is 6.12. The van der Waals surface area contributed by atoms with E-state index in [0.717, 1.165) is 19.3 Å². The molecule has 0 heterocycles. The lowest BCUT2D eigenvalue weighted by Gasteiger charge is -2.39. The average Bonchev–Trinajstić information content (AvgIpc) is 2.48. The molecule has 1 rings (SSSR count). The lowest BCUT2D eigenvalue weighted by molar-refractivity contribution is -0.197. The van der Waals surface area contributed by atoms with Crippen molar-refractivity contribution in [2.75, 3.05) is 0 Å². The van der Waals surface area contributed by atoms with Gasteiger partial charge in [0.2, 0.25) is 0 Å². The summed E-state index contributed by atoms with van der Waals surface area (Å²) in [5, 5.41) is 38.1. The summed E-state index contributed by atoms with van der Waals surface area (Å²) in [6, 6.07) is 0. The smallest absolute Gasteiger partial charge is 0.322 e. The molecule has 0 saturated heterocycles. The van der Waals surface area contributed by atoms with E-state index in [1.165, 1.54) is 0 Å². The molecule has 130 valence electrons. The molecule has 0 aromatic carbocycles. The Bertz CT molecular complexity index is 424. The fraction of sp³-hybridized carbons (Fsp3) is 0.733. The molecule has 0 bridgehead atoms. The summed E-state index contributed by atoms with van der Waals surface area (Å²) < 4.78 is 0. The lowest BCUT2D eigenvalue weighted by Crippen LogP contribution is -2.61. The molecular formula is C15H22O8. The average molecular weight is 330 g/mol. The van der Waals surface area contributed by atoms with Crippen molar-refractivity contribution in [2.24, 2.45) is 10.8 Å². The van der Waals surface area contributed by atoms with Crippen LogP contribution in [0, 0.1) is 10.8 Å². The zero-order valence-corrected chi connectivity index (χ0v) is 12.8. The first-order valence-corrected chi connectivity index (χ1v) is 7.67. The molecule has 0 radical (unpaired) electrons. The molecule has 4 N–H and O–H groups in total. The van der Waals surface area contributed by atoms with Crippen molar-refractivity contribution in [3.63, 3.8) is 0 Å². The number of carboxylic acid groups (broad SMARTS) is 4. The molecule has 0 aromatic rings. The third kappa shape index (κ3) is 3.16. The summed E-state index contributed by atoms with van der Waals surface area (Å²) in [5.41, 5.74) is -5.76. The molecule has 8 nitrogen and oxygen atoms in total. The summed E-state index contributed by atoms with van der Waals surface area (Å²) in [4.78, 5) is 47.1. The van der Waals surface area contributed by atoms with E-state index in [0.29, 0.717) is 12.8 Å². The molecule has 0 aliphatic heterocycles. The molecule has 1 saturated carbocycles. The quantitative estimate of drug-likeness (QED) is 0.570. The van der Waals surface area contributed by atoms with Crippen molar-refractivity contribution in [3.05, 3.63) is 0 Å². The predicted molar refractivity (Wildman–Crippen MR) is 77.0 cm³/mol. The van der Waals surface area contributed by atoms with E-state index in [1.807, 2.05) is 0 Å². The van der Waals surface area contributed by atoms with Crippen molar-refractivity contribution in [2.45, 2.75) is 57.8 Å². The lowest BCUT2D eigenvalue weighted by atomic mass is 9.58. The summed E-state index contributed by atoms with van der Waals surface area (Å²) >= 11 is 0. The molecule has 8 heteroatoms. The Labute approximate surface area is 133 Å². The number of carboxylic acids is 4. The van der Waals surface area contributed by atoms with E-state index < -0.39 is 47.5 Å². The molecule has 0 atom stereocenters. The van der Waals surface area contributed by atoms with Crippen LogP contribution in [-0.4, -0.2) is 44.3 Å². The van der Waals surface area contributed by atoms with Crippen LogP contribution in [0.25, 0.3) is 0 Å². The van der Waals surface area contributed by atoms with E-state index in [4.69, 9.17) is 0 Å². The minimum Gasteiger partial charge on any atom is -0.480 e. The molecule has 1 aliphatic carbocycles. The Kier molecular flexibility index (Phi) is 6.12. The Morgan fingerprint density at radius 1 is 0.478 bits per heavy atom. The normalized spacial score (nSPS) is 21.6. The highest BCUT2D eigenvalue weighted by Gasteiger charge is 2.70. The van der Waals surface area contributed by atoms with Gasteiger partial charge in [-0.1, -0.05) is 44.9 Å². The van der Waals surface area contributed by atoms with E-state index in [-0.39, 0.29) is 12.8 Å². The van der Waals surface area contributed by atoms with Crippen LogP contribution in [-0.2, 0) is 19.2 Å². The Morgan fingerprint density at radius 2 is 0.696 bits per heavy atom. The topological polar surface area (TPSA) is 149 Å². The molecule has 0 spiro atoms. The Morgan fingerprint density at radius 3 is 0.913 bits per heavy atom. The van der Waals surface area contributed by atoms with E-state index in [1.54, 1.807) is 0 Å². The fourth-order valence-electron chi connectivity index (χ4n) is 3.43. The number of rotatable bonds is 4. The van der Waals surface area contributed by atoms with Crippen LogP contribution in [0.1, 0.15) is 57.8 Å². The highest BCUT2D eigenvalue weighted by Crippen LogP contribution is 2.49. The van der Waals surface area contributed by atoms with Gasteiger partial charge in [-0.3, -0.25) is 19.2 Å². The van der Waals surface area contributed by atoms with Gasteiger partial charge in [0.05, 0.1) is 0 Å². The van der Waals surface area contributed by atoms with Crippen LogP contribution in [0.5, 0.6) is 0 Å². The maximum atomic E-state index is 11.8. The fourth-order valence-corrected chi connectivity index (χ4v) is 3.43. The van der Waals surface area contributed by atoms with Crippen LogP contribution < -0.4 is 0 Å². The van der Waals surface area contributed by atoms with Gasteiger partial charge in [-0.05, 0) is 12.8 Å². The number of hydrogen-bond donors (Lipinski definition) is 4. The first-order chi connectivity index (χ1) is 10.7. The van der Waals surface area contributed by atoms with Gasteiger partial charge in [0, 0.05) is 0 Å². The summed E-state index contributed by atoms with van der Waals surface area (Å²) in [7, 11) is 0. The predicted octanol–water partition coefficient (Wildman–Crippen LogP) is 1.82. The minimum absolute atomic E-state index is 0.154. The zero-order chi connectivity index (χ0) is 17.7. The number of hydrogen-bond acceptors (Lipinski definition) is 4. The molecule has 0 amide bonds. The van der Waals surface area contributed by atoms with E-state index in [2.05, 4.69) is 0 Å². The standard InChI is InChI=1S/C15H22O8/c16-10(17)14(11(18)19)8-6-4-2-1-3-5-7-9-15(14,12(20)21)13(22)23/h1-9H2,(H,16,17)(H,18,19)(H,20,21)(H,22,23). The minimum atomic E-state index is -2.88. The van der Waals surface area contributed by atoms with Crippen LogP contribution in [0.4, 0.5) is 0 Å². The van der Waals surface area contributed by atoms with Crippen molar-refractivity contribution >= 4 is 23.9 Å². The van der Waals surface area contributed by atoms with Gasteiger partial charge in [-0.15, -0.1) is 0 Å². The monoisotopic (exact) mass is 330 g/mol. The first kappa shape index (κ1) is 18.9. The molecule has 1 fully saturated rings. The highest BCUT2D eigenvalue weighted by atomic mass is 16.4. The van der Waals surface area contributed by atoms with E-state index in [9.17, 15) is 39.6 Å². The maximum absolute atomic E-state index is 11.8. The van der Waals surface area contributed by atoms with Gasteiger partial charge in [-0.2, -0.15) is 0 Å². The van der Waals surface area contributed by atoms with Crippen molar-refractivity contribution in [3.8, 4) is 0 Å². The van der Waals surface area contributed by atoms with Gasteiger partial charge in [0.15, 0.2) is 10.8 Å². The van der Waals surface area contributed by atoms with Gasteiger partial charge in [0.1, 0.15) is 0 Å². The van der Waals surface area contributed by atoms with Crippen LogP contribution in [0.15, 0.2) is 0 Å². The van der Waals surface area contributed by atoms with Crippen molar-refractivity contribution < 1.29 is 39.6 Å². The first-order valence-electron chi connectivity index (χ1n) is 7.67. The zero-order valence-electron chi connectivity index (χ0n) is 12.8. The van der Waals surface area contributed by atoms with Crippen LogP contribution in [0.2, 0.25) is 0 Å². The van der Waals surface area contributed by atoms with Gasteiger partial charge in [-0.25, -0.2) is 0 Å². The van der Waals surface area contributed by atoms with E-state index >= 15 is 0 Å².